The topological polar surface area (TPSA) is 3.24 Å². The monoisotopic (exact) mass is 335 g/mol. The van der Waals surface area contributed by atoms with Gasteiger partial charge in [0.05, 0.1) is 5.69 Å². The number of hydrogen-bond donors (Lipinski definition) is 0. The Labute approximate surface area is 122 Å². The first-order valence-corrected chi connectivity index (χ1v) is 8.42. The molecule has 0 spiro atoms. The molecule has 0 radical (unpaired) electrons. The molecule has 96 valence electrons. The zero-order chi connectivity index (χ0) is 12.8. The summed E-state index contributed by atoms with van der Waals surface area (Å²) in [5, 5.41) is 0. The van der Waals surface area contributed by atoms with Gasteiger partial charge in [0.25, 0.3) is 0 Å². The Bertz CT molecular complexity index is 359. The lowest BCUT2D eigenvalue weighted by Crippen LogP contribution is -2.33. The highest BCUT2D eigenvalue weighted by molar-refractivity contribution is 9.10. The number of alkyl halides is 1. The van der Waals surface area contributed by atoms with Gasteiger partial charge in [-0.2, -0.15) is 11.8 Å². The van der Waals surface area contributed by atoms with Gasteiger partial charge in [0.1, 0.15) is 0 Å². The van der Waals surface area contributed by atoms with Crippen LogP contribution in [-0.2, 0) is 5.88 Å². The van der Waals surface area contributed by atoms with E-state index in [4.69, 9.17) is 11.6 Å². The van der Waals surface area contributed by atoms with Crippen LogP contribution in [0.4, 0.5) is 5.69 Å². The zero-order valence-electron chi connectivity index (χ0n) is 10.5. The van der Waals surface area contributed by atoms with E-state index >= 15 is 0 Å². The van der Waals surface area contributed by atoms with Gasteiger partial charge in [-0.1, -0.05) is 13.0 Å². The molecule has 0 aliphatic heterocycles. The third kappa shape index (κ3) is 4.08. The first-order chi connectivity index (χ1) is 8.13. The number of rotatable bonds is 6. The van der Waals surface area contributed by atoms with Gasteiger partial charge in [0.2, 0.25) is 0 Å². The highest BCUT2D eigenvalue weighted by atomic mass is 79.9. The van der Waals surface area contributed by atoms with Crippen LogP contribution in [0.5, 0.6) is 0 Å². The summed E-state index contributed by atoms with van der Waals surface area (Å²) >= 11 is 11.4. The second kappa shape index (κ2) is 7.55. The molecule has 0 saturated carbocycles. The average Bonchev–Trinajstić information content (AvgIpc) is 2.35. The van der Waals surface area contributed by atoms with Crippen molar-refractivity contribution in [3.8, 4) is 0 Å². The van der Waals surface area contributed by atoms with E-state index in [1.54, 1.807) is 0 Å². The summed E-state index contributed by atoms with van der Waals surface area (Å²) in [5.41, 5.74) is 2.38. The van der Waals surface area contributed by atoms with Crippen molar-refractivity contribution in [2.24, 2.45) is 0 Å². The molecule has 0 amide bonds. The van der Waals surface area contributed by atoms with Gasteiger partial charge >= 0.3 is 0 Å². The first kappa shape index (κ1) is 15.2. The van der Waals surface area contributed by atoms with E-state index in [0.29, 0.717) is 11.9 Å². The summed E-state index contributed by atoms with van der Waals surface area (Å²) in [4.78, 5) is 2.35. The Morgan fingerprint density at radius 2 is 2.18 bits per heavy atom. The minimum atomic E-state index is 0.560. The summed E-state index contributed by atoms with van der Waals surface area (Å²) in [5.74, 6) is 1.71. The van der Waals surface area contributed by atoms with E-state index in [9.17, 15) is 0 Å². The quantitative estimate of drug-likeness (QED) is 0.689. The predicted molar refractivity (Wildman–Crippen MR) is 84.6 cm³/mol. The Morgan fingerprint density at radius 3 is 2.65 bits per heavy atom. The van der Waals surface area contributed by atoms with Crippen molar-refractivity contribution in [3.05, 3.63) is 28.2 Å². The maximum atomic E-state index is 5.83. The highest BCUT2D eigenvalue weighted by Crippen LogP contribution is 2.29. The number of nitrogens with zero attached hydrogens (tertiary/aromatic N) is 1. The molecule has 0 bridgehead atoms. The molecular weight excluding hydrogens is 318 g/mol. The standard InChI is InChI=1S/C13H19BrClNS/c1-4-11(9-17-3)16(2)13-6-5-10(8-15)7-12(13)14/h5-7,11H,4,8-9H2,1-3H3. The fraction of sp³-hybridized carbons (Fsp3) is 0.538. The van der Waals surface area contributed by atoms with Gasteiger partial charge in [0, 0.05) is 29.2 Å². The Morgan fingerprint density at radius 1 is 1.47 bits per heavy atom. The van der Waals surface area contributed by atoms with Crippen molar-refractivity contribution in [1.29, 1.82) is 0 Å². The van der Waals surface area contributed by atoms with Crippen LogP contribution in [0, 0.1) is 0 Å². The van der Waals surface area contributed by atoms with Crippen LogP contribution in [0.25, 0.3) is 0 Å². The van der Waals surface area contributed by atoms with Gasteiger partial charge in [-0.3, -0.25) is 0 Å². The van der Waals surface area contributed by atoms with Gasteiger partial charge < -0.3 is 4.90 Å². The summed E-state index contributed by atoms with van der Waals surface area (Å²) in [6, 6.07) is 6.91. The maximum Gasteiger partial charge on any atom is 0.0511 e. The molecule has 1 aromatic rings. The summed E-state index contributed by atoms with van der Waals surface area (Å²) in [6.07, 6.45) is 3.31. The molecule has 0 aliphatic rings. The van der Waals surface area contributed by atoms with Crippen LogP contribution >= 0.6 is 39.3 Å². The predicted octanol–water partition coefficient (Wildman–Crippen LogP) is 4.77. The summed E-state index contributed by atoms with van der Waals surface area (Å²) in [7, 11) is 2.16. The van der Waals surface area contributed by atoms with Crippen LogP contribution in [0.3, 0.4) is 0 Å². The second-order valence-electron chi connectivity index (χ2n) is 4.05. The molecule has 4 heteroatoms. The van der Waals surface area contributed by atoms with E-state index in [0.717, 1.165) is 22.2 Å². The van der Waals surface area contributed by atoms with Crippen molar-refractivity contribution >= 4 is 45.0 Å². The molecule has 0 aliphatic carbocycles. The number of hydrogen-bond acceptors (Lipinski definition) is 2. The fourth-order valence-corrected chi connectivity index (χ4v) is 3.53. The van der Waals surface area contributed by atoms with Gasteiger partial charge in [-0.05, 0) is 46.3 Å². The van der Waals surface area contributed by atoms with Gasteiger partial charge in [-0.15, -0.1) is 11.6 Å². The highest BCUT2D eigenvalue weighted by Gasteiger charge is 2.15. The lowest BCUT2D eigenvalue weighted by atomic mass is 10.1. The average molecular weight is 337 g/mol. The molecule has 1 aromatic carbocycles. The Kier molecular flexibility index (Phi) is 6.75. The van der Waals surface area contributed by atoms with Crippen LogP contribution < -0.4 is 4.90 Å². The lowest BCUT2D eigenvalue weighted by molar-refractivity contribution is 0.672. The van der Waals surface area contributed by atoms with E-state index < -0.39 is 0 Å². The SMILES string of the molecule is CCC(CSC)N(C)c1ccc(CCl)cc1Br. The van der Waals surface area contributed by atoms with Crippen molar-refractivity contribution in [2.45, 2.75) is 25.3 Å². The van der Waals surface area contributed by atoms with Gasteiger partial charge in [0.15, 0.2) is 0 Å². The first-order valence-electron chi connectivity index (χ1n) is 5.70. The molecule has 0 heterocycles. The maximum absolute atomic E-state index is 5.83. The molecular formula is C13H19BrClNS. The number of anilines is 1. The minimum Gasteiger partial charge on any atom is -0.370 e. The van der Waals surface area contributed by atoms with E-state index in [2.05, 4.69) is 59.3 Å². The third-order valence-electron chi connectivity index (χ3n) is 2.92. The molecule has 1 rings (SSSR count). The zero-order valence-corrected chi connectivity index (χ0v) is 13.7. The van der Waals surface area contributed by atoms with Gasteiger partial charge in [-0.25, -0.2) is 0 Å². The van der Waals surface area contributed by atoms with Crippen LogP contribution in [0.15, 0.2) is 22.7 Å². The van der Waals surface area contributed by atoms with E-state index in [-0.39, 0.29) is 0 Å². The van der Waals surface area contributed by atoms with Crippen LogP contribution in [0.2, 0.25) is 0 Å². The molecule has 17 heavy (non-hydrogen) atoms. The minimum absolute atomic E-state index is 0.560. The summed E-state index contributed by atoms with van der Waals surface area (Å²) in [6.45, 7) is 2.23. The van der Waals surface area contributed by atoms with Crippen LogP contribution in [0.1, 0.15) is 18.9 Å². The largest absolute Gasteiger partial charge is 0.370 e. The number of benzene rings is 1. The van der Waals surface area contributed by atoms with Crippen molar-refractivity contribution in [3.63, 3.8) is 0 Å². The normalized spacial score (nSPS) is 12.5. The Hall–Kier alpha value is 0.140. The molecule has 0 aromatic heterocycles. The lowest BCUT2D eigenvalue weighted by Gasteiger charge is -2.29. The smallest absolute Gasteiger partial charge is 0.0511 e. The summed E-state index contributed by atoms with van der Waals surface area (Å²) < 4.78 is 1.12. The van der Waals surface area contributed by atoms with E-state index in [1.165, 1.54) is 5.69 Å². The molecule has 1 unspecified atom stereocenters. The molecule has 0 saturated heterocycles. The molecule has 0 fully saturated rings. The van der Waals surface area contributed by atoms with Crippen LogP contribution in [-0.4, -0.2) is 25.1 Å². The second-order valence-corrected chi connectivity index (χ2v) is 6.08. The van der Waals surface area contributed by atoms with Crippen molar-refractivity contribution in [1.82, 2.24) is 0 Å². The molecule has 1 atom stereocenters. The number of halogens is 2. The Balaban J connectivity index is 2.90. The molecule has 1 nitrogen and oxygen atoms in total. The van der Waals surface area contributed by atoms with Crippen molar-refractivity contribution < 1.29 is 0 Å². The van der Waals surface area contributed by atoms with Crippen molar-refractivity contribution in [2.75, 3.05) is 24.0 Å². The van der Waals surface area contributed by atoms with E-state index in [1.807, 2.05) is 11.8 Å². The number of thioether (sulfide) groups is 1. The molecule has 0 N–H and O–H groups in total. The third-order valence-corrected chi connectivity index (χ3v) is 4.59. The fourth-order valence-electron chi connectivity index (χ4n) is 1.81.